The van der Waals surface area contributed by atoms with E-state index in [-0.39, 0.29) is 14.9 Å². The molecule has 0 unspecified atom stereocenters. The summed E-state index contributed by atoms with van der Waals surface area (Å²) in [6.07, 6.45) is 0. The minimum Gasteiger partial charge on any atom is -0.430 e. The van der Waals surface area contributed by atoms with Crippen molar-refractivity contribution in [1.82, 2.24) is 0 Å². The molecule has 0 radical (unpaired) electrons. The Morgan fingerprint density at radius 1 is 0.198 bits per heavy atom. The molecule has 0 amide bonds. The molecule has 0 aromatic heterocycles. The summed E-state index contributed by atoms with van der Waals surface area (Å²) in [6.45, 7) is 74.5. The van der Waals surface area contributed by atoms with Crippen LogP contribution in [-0.2, 0) is 49.7 Å². The zero-order valence-electron chi connectivity index (χ0n) is 77.3. The summed E-state index contributed by atoms with van der Waals surface area (Å²) in [5.41, 5.74) is 7.91. The Hall–Kier alpha value is -4.07. The molecule has 0 N–H and O–H groups in total. The van der Waals surface area contributed by atoms with E-state index in [1.54, 1.807) is 7.11 Å². The molecular weight excluding hydrogens is 1770 g/mol. The van der Waals surface area contributed by atoms with Gasteiger partial charge in [-0.25, -0.2) is 0 Å². The maximum Gasteiger partial charge on any atom is 0.506 e. The molecule has 0 aliphatic rings. The second kappa shape index (κ2) is 44.3. The van der Waals surface area contributed by atoms with Crippen LogP contribution in [0.3, 0.4) is 0 Å². The van der Waals surface area contributed by atoms with Crippen molar-refractivity contribution in [2.24, 2.45) is 0 Å². The summed E-state index contributed by atoms with van der Waals surface area (Å²) in [6, 6.07) is 93.0. The third-order valence-electron chi connectivity index (χ3n) is 21.4. The molecular formula is C92H154O12Si17. The monoisotopic (exact) mass is 1930 g/mol. The van der Waals surface area contributed by atoms with Crippen LogP contribution in [-0.4, -0.2) is 150 Å². The molecule has 0 aliphatic carbocycles. The van der Waals surface area contributed by atoms with Crippen LogP contribution in [0.1, 0.15) is 14.9 Å². The van der Waals surface area contributed by atoms with Gasteiger partial charge < -0.3 is 49.7 Å². The van der Waals surface area contributed by atoms with Crippen LogP contribution in [0.25, 0.3) is 0 Å². The first kappa shape index (κ1) is 107. The number of hydrogen-bond donors (Lipinski definition) is 0. The molecule has 662 valence electrons. The minimum absolute atomic E-state index is 0. The first-order valence-corrected chi connectivity index (χ1v) is 88.9. The Labute approximate surface area is 753 Å². The van der Waals surface area contributed by atoms with Gasteiger partial charge in [-0.15, -0.1) is 26.3 Å². The predicted molar refractivity (Wildman–Crippen MR) is 565 cm³/mol. The lowest BCUT2D eigenvalue weighted by molar-refractivity contribution is 0.272. The standard InChI is InChI=1S/C57H94O7Si11.C33H52O5Si6.2CH4/c1-20-66(6,7)62-75(63-67(8,9)21-2,57-45-35-26-36-46-57)64-72(18,19)52-51-71(16,17)61-74(55-41-31-24-32-42-55,56-43-33-25-34-44-56)60-70(14,15)50-49-69(12,13)59-73(53-37-27-22-28-38-53,54-39-29-23-30-40-54)58-68(10,11)48-47-65(3,4)5;1-12-39(4,5)36-44(37-40(6,7)13-2,33-27-21-16-22-28-33)38-42(10,11)30-29-41(8,9)35-43(34-3,31-23-17-14-18-24-31)32-25-19-15-20-26-32;;/h20-46H,1-2,47-52H2,3-19H3;12-28H,1-2,29-30H2,3-11H3;2*1H4. The molecule has 0 fully saturated rings. The van der Waals surface area contributed by atoms with Crippen molar-refractivity contribution in [1.29, 1.82) is 0 Å². The third kappa shape index (κ3) is 32.0. The second-order valence-corrected chi connectivity index (χ2v) is 107. The number of hydrogen-bond acceptors (Lipinski definition) is 12. The molecule has 0 atom stereocenters. The highest BCUT2D eigenvalue weighted by Crippen LogP contribution is 2.38. The maximum atomic E-state index is 8.06. The van der Waals surface area contributed by atoms with Gasteiger partial charge in [-0.1, -0.05) is 306 Å². The lowest BCUT2D eigenvalue weighted by Gasteiger charge is -2.46. The Morgan fingerprint density at radius 2 is 0.347 bits per heavy atom. The van der Waals surface area contributed by atoms with E-state index in [4.69, 9.17) is 49.7 Å². The smallest absolute Gasteiger partial charge is 0.430 e. The Bertz CT molecular complexity index is 4290. The molecule has 0 aliphatic heterocycles. The van der Waals surface area contributed by atoms with Crippen LogP contribution >= 0.6 is 0 Å². The quantitative estimate of drug-likeness (QED) is 0.0339. The molecule has 121 heavy (non-hydrogen) atoms. The zero-order chi connectivity index (χ0) is 88.4. The maximum absolute atomic E-state index is 8.06. The highest BCUT2D eigenvalue weighted by molar-refractivity contribution is 7.05. The fraction of sp³-hybridized carbons (Fsp3) is 0.391. The highest BCUT2D eigenvalue weighted by Gasteiger charge is 2.59. The van der Waals surface area contributed by atoms with Crippen LogP contribution in [0.15, 0.2) is 292 Å². The van der Waals surface area contributed by atoms with E-state index in [1.165, 1.54) is 16.4 Å². The van der Waals surface area contributed by atoms with E-state index in [2.05, 4.69) is 396 Å². The summed E-state index contributed by atoms with van der Waals surface area (Å²) < 4.78 is 89.3. The molecule has 29 heteroatoms. The fourth-order valence-corrected chi connectivity index (χ4v) is 89.4. The lowest BCUT2D eigenvalue weighted by atomic mass is 10.4. The van der Waals surface area contributed by atoms with Gasteiger partial charge in [0.05, 0.1) is 0 Å². The average molecular weight is 1930 g/mol. The van der Waals surface area contributed by atoms with Crippen LogP contribution in [0.4, 0.5) is 0 Å². The van der Waals surface area contributed by atoms with Crippen molar-refractivity contribution in [3.63, 3.8) is 0 Å². The first-order valence-electron chi connectivity index (χ1n) is 42.5. The molecule has 8 aromatic rings. The van der Waals surface area contributed by atoms with E-state index in [0.29, 0.717) is 0 Å². The molecule has 0 saturated carbocycles. The normalized spacial score (nSPS) is 13.5. The SMILES string of the molecule is C.C.C=C[Si](C)(C)O[Si](O[Si](C)(C)C=C)(O[Si](C)(C)CC[Si](C)(C)O[Si](OC)(c1ccccc1)c1ccccc1)c1ccccc1.C=C[Si](C)(C)O[Si](O[Si](C)(C)C=C)(O[Si](C)(C)CC[Si](C)(C)O[Si](O[Si](C)(C)CC[Si](C)(C)O[Si](O[Si](C)(C)CC[Si](C)(C)C)(c1ccccc1)c1ccccc1)(c1ccccc1)c1ccccc1)c1ccccc1. The van der Waals surface area contributed by atoms with Crippen molar-refractivity contribution >= 4 is 184 Å². The van der Waals surface area contributed by atoms with E-state index in [1.807, 2.05) is 59.2 Å². The third-order valence-corrected chi connectivity index (χ3v) is 84.6. The van der Waals surface area contributed by atoms with Gasteiger partial charge in [0.25, 0.3) is 0 Å². The lowest BCUT2D eigenvalue weighted by Crippen LogP contribution is -2.71. The summed E-state index contributed by atoms with van der Waals surface area (Å²) in [5, 5.41) is 8.88. The van der Waals surface area contributed by atoms with Gasteiger partial charge in [0.15, 0.2) is 58.2 Å². The number of benzene rings is 8. The van der Waals surface area contributed by atoms with Crippen LogP contribution in [0, 0.1) is 0 Å². The zero-order valence-corrected chi connectivity index (χ0v) is 94.3. The van der Waals surface area contributed by atoms with Gasteiger partial charge in [-0.2, -0.15) is 0 Å². The van der Waals surface area contributed by atoms with E-state index in [9.17, 15) is 0 Å². The van der Waals surface area contributed by atoms with Gasteiger partial charge >= 0.3 is 43.3 Å². The molecule has 12 nitrogen and oxygen atoms in total. The van der Waals surface area contributed by atoms with Crippen LogP contribution < -0.4 is 41.5 Å². The molecule has 0 spiro atoms. The largest absolute Gasteiger partial charge is 0.506 e. The second-order valence-electron chi connectivity index (χ2n) is 39.3. The van der Waals surface area contributed by atoms with Gasteiger partial charge in [0, 0.05) is 25.6 Å². The van der Waals surface area contributed by atoms with E-state index >= 15 is 0 Å². The molecule has 0 bridgehead atoms. The van der Waals surface area contributed by atoms with Crippen LogP contribution in [0.2, 0.25) is 212 Å². The van der Waals surface area contributed by atoms with E-state index in [0.717, 1.165) is 73.4 Å². The van der Waals surface area contributed by atoms with E-state index < -0.39 is 143 Å². The van der Waals surface area contributed by atoms with Crippen molar-refractivity contribution in [2.75, 3.05) is 7.11 Å². The fourth-order valence-electron chi connectivity index (χ4n) is 14.2. The number of rotatable bonds is 47. The molecule has 8 aromatic carbocycles. The highest BCUT2D eigenvalue weighted by atomic mass is 28.5. The first-order chi connectivity index (χ1) is 55.3. The predicted octanol–water partition coefficient (Wildman–Crippen LogP) is 22.0. The van der Waals surface area contributed by atoms with Crippen molar-refractivity contribution in [3.05, 3.63) is 292 Å². The Morgan fingerprint density at radius 3 is 0.512 bits per heavy atom. The van der Waals surface area contributed by atoms with Crippen LogP contribution in [0.5, 0.6) is 0 Å². The Kier molecular flexibility index (Phi) is 39.3. The minimum atomic E-state index is -3.50. The van der Waals surface area contributed by atoms with Gasteiger partial charge in [0.2, 0.25) is 33.3 Å². The van der Waals surface area contributed by atoms with Gasteiger partial charge in [-0.3, -0.25) is 0 Å². The summed E-state index contributed by atoms with van der Waals surface area (Å²) in [7, 11) is -42.5. The average Bonchev–Trinajstić information content (AvgIpc) is 0.772. The molecule has 8 rings (SSSR count). The Balaban J connectivity index is 0.000000482. The van der Waals surface area contributed by atoms with Gasteiger partial charge in [0.1, 0.15) is 0 Å². The van der Waals surface area contributed by atoms with Gasteiger partial charge in [-0.05, 0) is 217 Å². The topological polar surface area (TPSA) is 111 Å². The van der Waals surface area contributed by atoms with Crippen molar-refractivity contribution in [2.45, 2.75) is 227 Å². The summed E-state index contributed by atoms with van der Waals surface area (Å²) in [5.74, 6) is 0. The molecule has 0 saturated heterocycles. The van der Waals surface area contributed by atoms with Crippen molar-refractivity contribution < 1.29 is 49.7 Å². The van der Waals surface area contributed by atoms with Crippen molar-refractivity contribution in [3.8, 4) is 0 Å². The molecule has 0 heterocycles. The summed E-state index contributed by atoms with van der Waals surface area (Å²) in [4.78, 5) is 0. The summed E-state index contributed by atoms with van der Waals surface area (Å²) >= 11 is 0.